The fourth-order valence-corrected chi connectivity index (χ4v) is 3.14. The van der Waals surface area contributed by atoms with Gasteiger partial charge in [-0.3, -0.25) is 9.48 Å². The Balaban J connectivity index is 2.30. The minimum atomic E-state index is 0.133. The number of benzene rings is 1. The molecule has 0 amide bonds. The summed E-state index contributed by atoms with van der Waals surface area (Å²) in [5.74, 6) is 0.133. The van der Waals surface area contributed by atoms with Crippen molar-refractivity contribution in [1.82, 2.24) is 9.78 Å². The molecule has 0 saturated heterocycles. The smallest absolute Gasteiger partial charge is 0.169 e. The second kappa shape index (κ2) is 5.92. The van der Waals surface area contributed by atoms with Crippen LogP contribution in [0.3, 0.4) is 0 Å². The number of halogens is 1. The SMILES string of the molecule is CCc1nn(C)c(CC(=O)c2ccc(C)cc2C)c1Br. The summed E-state index contributed by atoms with van der Waals surface area (Å²) in [4.78, 5) is 12.5. The van der Waals surface area contributed by atoms with E-state index in [4.69, 9.17) is 0 Å². The molecule has 0 spiro atoms. The topological polar surface area (TPSA) is 34.9 Å². The van der Waals surface area contributed by atoms with Crippen LogP contribution in [0.2, 0.25) is 0 Å². The zero-order valence-electron chi connectivity index (χ0n) is 12.3. The Morgan fingerprint density at radius 1 is 1.35 bits per heavy atom. The first kappa shape index (κ1) is 15.0. The van der Waals surface area contributed by atoms with Gasteiger partial charge in [0.05, 0.1) is 22.3 Å². The van der Waals surface area contributed by atoms with Crippen molar-refractivity contribution in [3.05, 3.63) is 50.8 Å². The summed E-state index contributed by atoms with van der Waals surface area (Å²) >= 11 is 3.56. The Kier molecular flexibility index (Phi) is 4.43. The Morgan fingerprint density at radius 2 is 2.05 bits per heavy atom. The Hall–Kier alpha value is -1.42. The number of nitrogens with zero attached hydrogens (tertiary/aromatic N) is 2. The Bertz CT molecular complexity index is 659. The van der Waals surface area contributed by atoms with Gasteiger partial charge in [0.1, 0.15) is 0 Å². The van der Waals surface area contributed by atoms with E-state index in [1.54, 1.807) is 4.68 Å². The summed E-state index contributed by atoms with van der Waals surface area (Å²) in [7, 11) is 1.88. The number of hydrogen-bond acceptors (Lipinski definition) is 2. The van der Waals surface area contributed by atoms with Crippen LogP contribution in [0.5, 0.6) is 0 Å². The molecule has 0 aliphatic carbocycles. The largest absolute Gasteiger partial charge is 0.294 e. The molecule has 0 saturated carbocycles. The van der Waals surface area contributed by atoms with Crippen LogP contribution in [0.25, 0.3) is 0 Å². The highest BCUT2D eigenvalue weighted by Gasteiger charge is 2.17. The van der Waals surface area contributed by atoms with Crippen molar-refractivity contribution in [2.45, 2.75) is 33.6 Å². The van der Waals surface area contributed by atoms with E-state index >= 15 is 0 Å². The zero-order valence-corrected chi connectivity index (χ0v) is 13.9. The quantitative estimate of drug-likeness (QED) is 0.797. The van der Waals surface area contributed by atoms with Crippen LogP contribution in [0.1, 0.15) is 39.8 Å². The van der Waals surface area contributed by atoms with Crippen LogP contribution in [-0.2, 0) is 19.9 Å². The summed E-state index contributed by atoms with van der Waals surface area (Å²) < 4.78 is 2.75. The van der Waals surface area contributed by atoms with Crippen LogP contribution >= 0.6 is 15.9 Å². The average Bonchev–Trinajstić information content (AvgIpc) is 2.66. The normalized spacial score (nSPS) is 10.8. The first-order chi connectivity index (χ1) is 9.43. The third-order valence-corrected chi connectivity index (χ3v) is 4.43. The summed E-state index contributed by atoms with van der Waals surface area (Å²) in [5.41, 5.74) is 4.93. The molecule has 0 aliphatic rings. The lowest BCUT2D eigenvalue weighted by atomic mass is 9.99. The number of carbonyl (C=O) groups excluding carboxylic acids is 1. The van der Waals surface area contributed by atoms with Gasteiger partial charge in [-0.1, -0.05) is 30.7 Å². The Morgan fingerprint density at radius 3 is 2.60 bits per heavy atom. The molecule has 2 aromatic rings. The van der Waals surface area contributed by atoms with Crippen molar-refractivity contribution < 1.29 is 4.79 Å². The molecular weight excluding hydrogens is 316 g/mol. The second-order valence-electron chi connectivity index (χ2n) is 5.10. The number of carbonyl (C=O) groups is 1. The highest BCUT2D eigenvalue weighted by atomic mass is 79.9. The van der Waals surface area contributed by atoms with E-state index in [1.165, 1.54) is 5.56 Å². The molecule has 0 aliphatic heterocycles. The highest BCUT2D eigenvalue weighted by molar-refractivity contribution is 9.10. The van der Waals surface area contributed by atoms with Crippen LogP contribution in [0.4, 0.5) is 0 Å². The lowest BCUT2D eigenvalue weighted by Gasteiger charge is -2.07. The van der Waals surface area contributed by atoms with Crippen molar-refractivity contribution in [3.8, 4) is 0 Å². The van der Waals surface area contributed by atoms with Crippen molar-refractivity contribution >= 4 is 21.7 Å². The van der Waals surface area contributed by atoms with Gasteiger partial charge in [-0.25, -0.2) is 0 Å². The predicted octanol–water partition coefficient (Wildman–Crippen LogP) is 3.79. The maximum absolute atomic E-state index is 12.5. The van der Waals surface area contributed by atoms with Gasteiger partial charge in [0, 0.05) is 12.6 Å². The minimum Gasteiger partial charge on any atom is -0.294 e. The molecule has 1 aromatic carbocycles. The second-order valence-corrected chi connectivity index (χ2v) is 5.90. The molecule has 0 bridgehead atoms. The monoisotopic (exact) mass is 334 g/mol. The summed E-state index contributed by atoms with van der Waals surface area (Å²) in [6.45, 7) is 6.07. The molecule has 0 radical (unpaired) electrons. The minimum absolute atomic E-state index is 0.133. The van der Waals surface area contributed by atoms with Crippen LogP contribution in [-0.4, -0.2) is 15.6 Å². The maximum Gasteiger partial charge on any atom is 0.169 e. The third kappa shape index (κ3) is 2.85. The van der Waals surface area contributed by atoms with E-state index in [9.17, 15) is 4.79 Å². The van der Waals surface area contributed by atoms with Crippen molar-refractivity contribution in [2.24, 2.45) is 7.05 Å². The lowest BCUT2D eigenvalue weighted by molar-refractivity contribution is 0.0990. The van der Waals surface area contributed by atoms with Crippen molar-refractivity contribution in [3.63, 3.8) is 0 Å². The molecule has 1 heterocycles. The van der Waals surface area contributed by atoms with Gasteiger partial charge in [-0.2, -0.15) is 5.10 Å². The third-order valence-electron chi connectivity index (χ3n) is 3.51. The first-order valence-corrected chi connectivity index (χ1v) is 7.54. The number of rotatable bonds is 4. The molecule has 0 atom stereocenters. The van der Waals surface area contributed by atoms with Crippen molar-refractivity contribution in [1.29, 1.82) is 0 Å². The number of Topliss-reactive ketones (excluding diaryl/α,β-unsaturated/α-hetero) is 1. The van der Waals surface area contributed by atoms with E-state index in [-0.39, 0.29) is 5.78 Å². The van der Waals surface area contributed by atoms with E-state index in [0.717, 1.165) is 33.4 Å². The van der Waals surface area contributed by atoms with Gasteiger partial charge in [0.2, 0.25) is 0 Å². The number of aromatic nitrogens is 2. The van der Waals surface area contributed by atoms with E-state index < -0.39 is 0 Å². The predicted molar refractivity (Wildman–Crippen MR) is 84.2 cm³/mol. The van der Waals surface area contributed by atoms with Gasteiger partial charge in [0.15, 0.2) is 5.78 Å². The van der Waals surface area contributed by atoms with Gasteiger partial charge < -0.3 is 0 Å². The van der Waals surface area contributed by atoms with Crippen molar-refractivity contribution in [2.75, 3.05) is 0 Å². The van der Waals surface area contributed by atoms with E-state index in [0.29, 0.717) is 6.42 Å². The fraction of sp³-hybridized carbons (Fsp3) is 0.375. The maximum atomic E-state index is 12.5. The zero-order chi connectivity index (χ0) is 14.9. The molecule has 1 aromatic heterocycles. The number of ketones is 1. The van der Waals surface area contributed by atoms with Gasteiger partial charge in [-0.15, -0.1) is 0 Å². The molecule has 4 heteroatoms. The van der Waals surface area contributed by atoms with Crippen LogP contribution < -0.4 is 0 Å². The van der Waals surface area contributed by atoms with Gasteiger partial charge in [0.25, 0.3) is 0 Å². The highest BCUT2D eigenvalue weighted by Crippen LogP contribution is 2.23. The molecule has 2 rings (SSSR count). The Labute approximate surface area is 128 Å². The number of aryl methyl sites for hydroxylation is 4. The molecular formula is C16H19BrN2O. The lowest BCUT2D eigenvalue weighted by Crippen LogP contribution is -2.09. The van der Waals surface area contributed by atoms with Crippen LogP contribution in [0, 0.1) is 13.8 Å². The number of hydrogen-bond donors (Lipinski definition) is 0. The van der Waals surface area contributed by atoms with Crippen LogP contribution in [0.15, 0.2) is 22.7 Å². The van der Waals surface area contributed by atoms with E-state index in [2.05, 4.69) is 28.0 Å². The summed E-state index contributed by atoms with van der Waals surface area (Å²) in [6.07, 6.45) is 1.22. The molecule has 0 unspecified atom stereocenters. The molecule has 20 heavy (non-hydrogen) atoms. The van der Waals surface area contributed by atoms with Gasteiger partial charge >= 0.3 is 0 Å². The molecule has 3 nitrogen and oxygen atoms in total. The summed E-state index contributed by atoms with van der Waals surface area (Å²) in [6, 6.07) is 5.94. The van der Waals surface area contributed by atoms with E-state index in [1.807, 2.05) is 39.1 Å². The fourth-order valence-electron chi connectivity index (χ4n) is 2.39. The van der Waals surface area contributed by atoms with Gasteiger partial charge in [-0.05, 0) is 41.8 Å². The first-order valence-electron chi connectivity index (χ1n) is 6.74. The standard InChI is InChI=1S/C16H19BrN2O/c1-5-13-16(17)14(19(4)18-13)9-15(20)12-7-6-10(2)8-11(12)3/h6-8H,5,9H2,1-4H3. The summed E-state index contributed by atoms with van der Waals surface area (Å²) in [5, 5.41) is 4.43. The average molecular weight is 335 g/mol. The molecule has 106 valence electrons. The molecule has 0 fully saturated rings. The molecule has 0 N–H and O–H groups in total.